The van der Waals surface area contributed by atoms with Crippen molar-refractivity contribution in [1.29, 1.82) is 0 Å². The van der Waals surface area contributed by atoms with Crippen LogP contribution >= 0.6 is 0 Å². The number of rotatable bonds is 5. The van der Waals surface area contributed by atoms with E-state index in [1.165, 1.54) is 3.97 Å². The van der Waals surface area contributed by atoms with Crippen molar-refractivity contribution in [2.45, 2.75) is 44.6 Å². The van der Waals surface area contributed by atoms with E-state index in [1.807, 2.05) is 67.3 Å². The van der Waals surface area contributed by atoms with Gasteiger partial charge in [0.2, 0.25) is 5.91 Å². The van der Waals surface area contributed by atoms with E-state index < -0.39 is 10.0 Å². The van der Waals surface area contributed by atoms with Gasteiger partial charge in [-0.25, -0.2) is 12.4 Å². The number of nitrogens with zero attached hydrogens (tertiary/aromatic N) is 2. The van der Waals surface area contributed by atoms with Gasteiger partial charge in [0, 0.05) is 36.5 Å². The van der Waals surface area contributed by atoms with Gasteiger partial charge in [-0.05, 0) is 31.5 Å². The Hall–Kier alpha value is -2.86. The molecular weight excluding hydrogens is 396 g/mol. The highest BCUT2D eigenvalue weighted by atomic mass is 32.2. The summed E-state index contributed by atoms with van der Waals surface area (Å²) in [6.07, 6.45) is 5.33. The minimum Gasteiger partial charge on any atom is -0.332 e. The molecule has 0 aliphatic heterocycles. The third-order valence-electron chi connectivity index (χ3n) is 5.66. The number of allylic oxidation sites excluding steroid dienone is 1. The van der Waals surface area contributed by atoms with E-state index in [2.05, 4.69) is 0 Å². The molecule has 2 aromatic carbocycles. The number of amides is 1. The summed E-state index contributed by atoms with van der Waals surface area (Å²) in [5.74, 6) is -0.0161. The Labute approximate surface area is 177 Å². The minimum atomic E-state index is -3.78. The number of hydrogen-bond donors (Lipinski definition) is 0. The van der Waals surface area contributed by atoms with Crippen LogP contribution in [0.25, 0.3) is 10.9 Å². The molecule has 1 aliphatic carbocycles. The van der Waals surface area contributed by atoms with Gasteiger partial charge in [0.15, 0.2) is 0 Å². The molecule has 1 unspecified atom stereocenters. The molecule has 156 valence electrons. The summed E-state index contributed by atoms with van der Waals surface area (Å²) in [5, 5.41) is 0.875. The van der Waals surface area contributed by atoms with E-state index in [-0.39, 0.29) is 16.8 Å². The van der Waals surface area contributed by atoms with Crippen LogP contribution in [0.4, 0.5) is 0 Å². The Balaban J connectivity index is 1.99. The lowest BCUT2D eigenvalue weighted by atomic mass is 9.95. The van der Waals surface area contributed by atoms with Gasteiger partial charge >= 0.3 is 0 Å². The fourth-order valence-corrected chi connectivity index (χ4v) is 5.87. The molecule has 0 saturated heterocycles. The Morgan fingerprint density at radius 3 is 2.50 bits per heavy atom. The van der Waals surface area contributed by atoms with Gasteiger partial charge in [0.25, 0.3) is 10.0 Å². The summed E-state index contributed by atoms with van der Waals surface area (Å²) >= 11 is 0. The molecule has 0 saturated carbocycles. The van der Waals surface area contributed by atoms with Crippen LogP contribution in [0.3, 0.4) is 0 Å². The molecule has 3 aromatic rings. The molecule has 4 rings (SSSR count). The molecule has 0 fully saturated rings. The van der Waals surface area contributed by atoms with E-state index in [0.29, 0.717) is 18.5 Å². The average Bonchev–Trinajstić information content (AvgIpc) is 3.07. The maximum Gasteiger partial charge on any atom is 0.268 e. The molecule has 0 N–H and O–H groups in total. The van der Waals surface area contributed by atoms with E-state index in [4.69, 9.17) is 0 Å². The normalized spacial score (nSPS) is 15.9. The van der Waals surface area contributed by atoms with Crippen LogP contribution in [-0.4, -0.2) is 29.7 Å². The Morgan fingerprint density at radius 2 is 1.83 bits per heavy atom. The zero-order valence-corrected chi connectivity index (χ0v) is 18.3. The number of fused-ring (bicyclic) bond motifs is 3. The van der Waals surface area contributed by atoms with Crippen LogP contribution in [0.15, 0.2) is 65.6 Å². The third-order valence-corrected chi connectivity index (χ3v) is 7.42. The van der Waals surface area contributed by atoms with Crippen LogP contribution < -0.4 is 0 Å². The summed E-state index contributed by atoms with van der Waals surface area (Å²) < 4.78 is 28.8. The summed E-state index contributed by atoms with van der Waals surface area (Å²) in [6.45, 7) is 6.16. The first kappa shape index (κ1) is 20.4. The number of para-hydroxylation sites is 1. The van der Waals surface area contributed by atoms with Crippen molar-refractivity contribution in [2.75, 3.05) is 6.54 Å². The lowest BCUT2D eigenvalue weighted by Gasteiger charge is -2.31. The van der Waals surface area contributed by atoms with Crippen molar-refractivity contribution >= 4 is 26.8 Å². The predicted octanol–water partition coefficient (Wildman–Crippen LogP) is 4.60. The van der Waals surface area contributed by atoms with Crippen molar-refractivity contribution < 1.29 is 13.2 Å². The van der Waals surface area contributed by atoms with Crippen LogP contribution in [0.1, 0.15) is 43.1 Å². The van der Waals surface area contributed by atoms with Crippen LogP contribution in [-0.2, 0) is 21.2 Å². The van der Waals surface area contributed by atoms with Gasteiger partial charge in [-0.3, -0.25) is 4.79 Å². The standard InChI is InChI=1S/C24H26N2O3S/c1-4-16-25(18(3)27)22-10-7-11-23-24(22)20-8-5-6-9-21(20)26(23)30(28,29)19-14-12-17(2)13-15-19/h5-10,12-15,22H,4,11,16H2,1-3H3. The fraction of sp³-hybridized carbons (Fsp3) is 0.292. The Morgan fingerprint density at radius 1 is 1.13 bits per heavy atom. The highest BCUT2D eigenvalue weighted by Gasteiger charge is 2.33. The van der Waals surface area contributed by atoms with Gasteiger partial charge in [-0.1, -0.05) is 55.0 Å². The SMILES string of the molecule is CCCN(C(C)=O)C1C=CCc2c1c1ccccc1n2S(=O)(=O)c1ccc(C)cc1. The van der Waals surface area contributed by atoms with E-state index in [9.17, 15) is 13.2 Å². The van der Waals surface area contributed by atoms with Crippen molar-refractivity contribution in [1.82, 2.24) is 8.87 Å². The van der Waals surface area contributed by atoms with Gasteiger partial charge in [-0.2, -0.15) is 0 Å². The molecule has 1 aliphatic rings. The first-order chi connectivity index (χ1) is 14.4. The van der Waals surface area contributed by atoms with E-state index in [0.717, 1.165) is 28.6 Å². The smallest absolute Gasteiger partial charge is 0.268 e. The number of carbonyl (C=O) groups excluding carboxylic acids is 1. The first-order valence-electron chi connectivity index (χ1n) is 10.2. The zero-order chi connectivity index (χ0) is 21.5. The second kappa shape index (κ2) is 7.76. The molecule has 0 spiro atoms. The summed E-state index contributed by atoms with van der Waals surface area (Å²) in [7, 11) is -3.78. The van der Waals surface area contributed by atoms with Crippen molar-refractivity contribution in [3.63, 3.8) is 0 Å². The number of aromatic nitrogens is 1. The number of carbonyl (C=O) groups is 1. The molecule has 1 heterocycles. The number of aryl methyl sites for hydroxylation is 1. The van der Waals surface area contributed by atoms with Gasteiger partial charge < -0.3 is 4.90 Å². The highest BCUT2D eigenvalue weighted by molar-refractivity contribution is 7.90. The van der Waals surface area contributed by atoms with Crippen LogP contribution in [0.5, 0.6) is 0 Å². The molecule has 6 heteroatoms. The molecule has 1 aromatic heterocycles. The van der Waals surface area contributed by atoms with Crippen molar-refractivity contribution in [3.8, 4) is 0 Å². The average molecular weight is 423 g/mol. The fourth-order valence-electron chi connectivity index (χ4n) is 4.30. The van der Waals surface area contributed by atoms with E-state index >= 15 is 0 Å². The quantitative estimate of drug-likeness (QED) is 0.565. The lowest BCUT2D eigenvalue weighted by Crippen LogP contribution is -2.34. The molecular formula is C24H26N2O3S. The maximum atomic E-state index is 13.7. The molecule has 5 nitrogen and oxygen atoms in total. The molecule has 0 radical (unpaired) electrons. The topological polar surface area (TPSA) is 59.4 Å². The summed E-state index contributed by atoms with van der Waals surface area (Å²) in [4.78, 5) is 14.5. The summed E-state index contributed by atoms with van der Waals surface area (Å²) in [6, 6.07) is 14.2. The third kappa shape index (κ3) is 3.25. The van der Waals surface area contributed by atoms with E-state index in [1.54, 1.807) is 19.1 Å². The highest BCUT2D eigenvalue weighted by Crippen LogP contribution is 2.40. The minimum absolute atomic E-state index is 0.0161. The largest absolute Gasteiger partial charge is 0.332 e. The Bertz CT molecular complexity index is 1240. The summed E-state index contributed by atoms with van der Waals surface area (Å²) in [5.41, 5.74) is 3.30. The molecule has 1 amide bonds. The lowest BCUT2D eigenvalue weighted by molar-refractivity contribution is -0.130. The van der Waals surface area contributed by atoms with Crippen molar-refractivity contribution in [3.05, 3.63) is 77.5 Å². The number of benzene rings is 2. The van der Waals surface area contributed by atoms with Crippen LogP contribution in [0.2, 0.25) is 0 Å². The monoisotopic (exact) mass is 422 g/mol. The van der Waals surface area contributed by atoms with Gasteiger partial charge in [0.05, 0.1) is 16.5 Å². The van der Waals surface area contributed by atoms with Gasteiger partial charge in [0.1, 0.15) is 0 Å². The maximum absolute atomic E-state index is 13.7. The van der Waals surface area contributed by atoms with Crippen LogP contribution in [0, 0.1) is 6.92 Å². The molecule has 0 bridgehead atoms. The predicted molar refractivity (Wildman–Crippen MR) is 119 cm³/mol. The number of hydrogen-bond acceptors (Lipinski definition) is 3. The van der Waals surface area contributed by atoms with Crippen molar-refractivity contribution in [2.24, 2.45) is 0 Å². The van der Waals surface area contributed by atoms with Gasteiger partial charge in [-0.15, -0.1) is 0 Å². The molecule has 1 atom stereocenters. The second-order valence-corrected chi connectivity index (χ2v) is 9.54. The second-order valence-electron chi connectivity index (χ2n) is 7.75. The zero-order valence-electron chi connectivity index (χ0n) is 17.5. The first-order valence-corrected chi connectivity index (χ1v) is 11.7. The molecule has 30 heavy (non-hydrogen) atoms. The Kier molecular flexibility index (Phi) is 5.28.